The van der Waals surface area contributed by atoms with Crippen molar-refractivity contribution in [3.05, 3.63) is 12.7 Å². The molecule has 0 saturated carbocycles. The predicted octanol–water partition coefficient (Wildman–Crippen LogP) is 11.7. The summed E-state index contributed by atoms with van der Waals surface area (Å²) in [6, 6.07) is 0. The first kappa shape index (κ1) is 35.4. The van der Waals surface area contributed by atoms with E-state index in [0.29, 0.717) is 0 Å². The van der Waals surface area contributed by atoms with Gasteiger partial charge >= 0.3 is 5.97 Å². The molecule has 2 nitrogen and oxygen atoms in total. The average molecular weight is 481 g/mol. The second kappa shape index (κ2) is 32.2. The summed E-state index contributed by atoms with van der Waals surface area (Å²) in [6.07, 6.45) is 34.1. The van der Waals surface area contributed by atoms with Crippen molar-refractivity contribution < 1.29 is 9.90 Å². The summed E-state index contributed by atoms with van der Waals surface area (Å²) >= 11 is 0. The van der Waals surface area contributed by atoms with Crippen molar-refractivity contribution in [1.82, 2.24) is 0 Å². The highest BCUT2D eigenvalue weighted by Gasteiger charge is 2.16. The molecule has 0 aliphatic carbocycles. The fourth-order valence-electron chi connectivity index (χ4n) is 4.50. The third-order valence-corrected chi connectivity index (χ3v) is 6.95. The van der Waals surface area contributed by atoms with Crippen LogP contribution < -0.4 is 0 Å². The third kappa shape index (κ3) is 31.2. The van der Waals surface area contributed by atoms with Crippen LogP contribution in [0.15, 0.2) is 12.7 Å². The maximum absolute atomic E-state index is 11.5. The van der Waals surface area contributed by atoms with Gasteiger partial charge < -0.3 is 5.11 Å². The van der Waals surface area contributed by atoms with Crippen molar-refractivity contribution in [1.29, 1.82) is 0 Å². The van der Waals surface area contributed by atoms with Crippen LogP contribution >= 0.6 is 0 Å². The maximum atomic E-state index is 11.5. The molecule has 1 atom stereocenters. The predicted molar refractivity (Wildman–Crippen MR) is 154 cm³/mol. The molecular formula is C32H64O2. The van der Waals surface area contributed by atoms with Crippen LogP contribution in [0.25, 0.3) is 0 Å². The topological polar surface area (TPSA) is 37.3 Å². The molecule has 0 aromatic rings. The SMILES string of the molecule is C=CCC.CCCCCCCCCCCCCCC(CCCCCCCCCCCC)C(=O)O. The lowest BCUT2D eigenvalue weighted by Gasteiger charge is -2.12. The minimum absolute atomic E-state index is 0.0952. The molecule has 0 rings (SSSR count). The minimum Gasteiger partial charge on any atom is -0.481 e. The van der Waals surface area contributed by atoms with Crippen molar-refractivity contribution >= 4 is 5.97 Å². The Bertz CT molecular complexity index is 390. The summed E-state index contributed by atoms with van der Waals surface area (Å²) < 4.78 is 0. The lowest BCUT2D eigenvalue weighted by Crippen LogP contribution is -2.13. The Kier molecular flexibility index (Phi) is 33.5. The molecule has 0 spiro atoms. The van der Waals surface area contributed by atoms with Gasteiger partial charge in [0.25, 0.3) is 0 Å². The highest BCUT2D eigenvalue weighted by molar-refractivity contribution is 5.69. The Balaban J connectivity index is 0. The van der Waals surface area contributed by atoms with Gasteiger partial charge in [0.2, 0.25) is 0 Å². The summed E-state index contributed by atoms with van der Waals surface area (Å²) in [7, 11) is 0. The molecule has 204 valence electrons. The van der Waals surface area contributed by atoms with E-state index < -0.39 is 5.97 Å². The standard InChI is InChI=1S/C28H56O2.C4H8/c1-3-5-7-9-11-13-15-16-18-20-22-24-26-27(28(29)30)25-23-21-19-17-14-12-10-8-6-4-2;1-3-4-2/h27H,3-26H2,1-2H3,(H,29,30);3H,1,4H2,2H3. The average Bonchev–Trinajstić information content (AvgIpc) is 2.84. The van der Waals surface area contributed by atoms with Crippen LogP contribution in [0.1, 0.15) is 181 Å². The number of carbonyl (C=O) groups is 1. The van der Waals surface area contributed by atoms with Gasteiger partial charge in [0.1, 0.15) is 0 Å². The van der Waals surface area contributed by atoms with E-state index in [1.165, 1.54) is 128 Å². The molecule has 1 N–H and O–H groups in total. The number of aliphatic carboxylic acids is 1. The lowest BCUT2D eigenvalue weighted by molar-refractivity contribution is -0.142. The lowest BCUT2D eigenvalue weighted by atomic mass is 9.94. The normalized spacial score (nSPS) is 11.6. The molecule has 0 radical (unpaired) electrons. The first-order chi connectivity index (χ1) is 16.6. The fourth-order valence-corrected chi connectivity index (χ4v) is 4.50. The number of allylic oxidation sites excluding steroid dienone is 1. The van der Waals surface area contributed by atoms with Gasteiger partial charge in [0.05, 0.1) is 5.92 Å². The van der Waals surface area contributed by atoms with Gasteiger partial charge in [0, 0.05) is 0 Å². The van der Waals surface area contributed by atoms with Gasteiger partial charge in [0.15, 0.2) is 0 Å². The van der Waals surface area contributed by atoms with E-state index in [1.54, 1.807) is 0 Å². The number of rotatable bonds is 26. The number of unbranched alkanes of at least 4 members (excludes halogenated alkanes) is 20. The molecule has 34 heavy (non-hydrogen) atoms. The zero-order chi connectivity index (χ0) is 25.5. The first-order valence-electron chi connectivity index (χ1n) is 15.5. The largest absolute Gasteiger partial charge is 0.481 e. The smallest absolute Gasteiger partial charge is 0.306 e. The maximum Gasteiger partial charge on any atom is 0.306 e. The van der Waals surface area contributed by atoms with E-state index in [1.807, 2.05) is 6.08 Å². The van der Waals surface area contributed by atoms with Crippen molar-refractivity contribution in [2.45, 2.75) is 181 Å². The molecule has 0 aliphatic rings. The molecule has 0 aromatic heterocycles. The minimum atomic E-state index is -0.561. The summed E-state index contributed by atoms with van der Waals surface area (Å²) in [5, 5.41) is 9.49. The molecule has 0 heterocycles. The highest BCUT2D eigenvalue weighted by Crippen LogP contribution is 2.20. The van der Waals surface area contributed by atoms with E-state index in [4.69, 9.17) is 0 Å². The Morgan fingerprint density at radius 2 is 0.794 bits per heavy atom. The second-order valence-corrected chi connectivity index (χ2v) is 10.4. The molecule has 0 amide bonds. The Hall–Kier alpha value is -0.790. The van der Waals surface area contributed by atoms with E-state index in [2.05, 4.69) is 27.4 Å². The van der Waals surface area contributed by atoms with Crippen LogP contribution in [0, 0.1) is 5.92 Å². The molecule has 0 bridgehead atoms. The van der Waals surface area contributed by atoms with Gasteiger partial charge in [-0.2, -0.15) is 0 Å². The zero-order valence-corrected chi connectivity index (χ0v) is 23.9. The van der Waals surface area contributed by atoms with Crippen LogP contribution in [0.2, 0.25) is 0 Å². The third-order valence-electron chi connectivity index (χ3n) is 6.95. The van der Waals surface area contributed by atoms with Gasteiger partial charge in [-0.05, 0) is 19.3 Å². The summed E-state index contributed by atoms with van der Waals surface area (Å²) in [4.78, 5) is 11.5. The van der Waals surface area contributed by atoms with Gasteiger partial charge in [-0.3, -0.25) is 4.79 Å². The van der Waals surface area contributed by atoms with Crippen molar-refractivity contribution in [3.63, 3.8) is 0 Å². The van der Waals surface area contributed by atoms with Crippen molar-refractivity contribution in [2.75, 3.05) is 0 Å². The Morgan fingerprint density at radius 1 is 0.559 bits per heavy atom. The van der Waals surface area contributed by atoms with Gasteiger partial charge in [-0.15, -0.1) is 6.58 Å². The molecule has 1 unspecified atom stereocenters. The number of hydrogen-bond acceptors (Lipinski definition) is 1. The zero-order valence-electron chi connectivity index (χ0n) is 23.9. The Morgan fingerprint density at radius 3 is 1.00 bits per heavy atom. The number of carboxylic acid groups (broad SMARTS) is 1. The highest BCUT2D eigenvalue weighted by atomic mass is 16.4. The number of hydrogen-bond donors (Lipinski definition) is 1. The van der Waals surface area contributed by atoms with Crippen LogP contribution in [0.4, 0.5) is 0 Å². The molecule has 0 aliphatic heterocycles. The van der Waals surface area contributed by atoms with E-state index in [-0.39, 0.29) is 5.92 Å². The van der Waals surface area contributed by atoms with Crippen LogP contribution in [-0.2, 0) is 4.79 Å². The van der Waals surface area contributed by atoms with E-state index in [0.717, 1.165) is 32.1 Å². The summed E-state index contributed by atoms with van der Waals surface area (Å²) in [5.74, 6) is -0.656. The summed E-state index contributed by atoms with van der Waals surface area (Å²) in [6.45, 7) is 10.1. The monoisotopic (exact) mass is 480 g/mol. The van der Waals surface area contributed by atoms with Crippen molar-refractivity contribution in [3.8, 4) is 0 Å². The van der Waals surface area contributed by atoms with Crippen molar-refractivity contribution in [2.24, 2.45) is 5.92 Å². The molecule has 2 heteroatoms. The quantitative estimate of drug-likeness (QED) is 0.0986. The molecule has 0 saturated heterocycles. The molecular weight excluding hydrogens is 416 g/mol. The number of carboxylic acids is 1. The fraction of sp³-hybridized carbons (Fsp3) is 0.906. The summed E-state index contributed by atoms with van der Waals surface area (Å²) in [5.41, 5.74) is 0. The molecule has 0 fully saturated rings. The van der Waals surface area contributed by atoms with Gasteiger partial charge in [-0.25, -0.2) is 0 Å². The molecule has 0 aromatic carbocycles. The second-order valence-electron chi connectivity index (χ2n) is 10.4. The first-order valence-corrected chi connectivity index (χ1v) is 15.5. The Labute approximate surface area is 215 Å². The van der Waals surface area contributed by atoms with E-state index >= 15 is 0 Å². The van der Waals surface area contributed by atoms with Crippen LogP contribution in [0.5, 0.6) is 0 Å². The van der Waals surface area contributed by atoms with E-state index in [9.17, 15) is 9.90 Å². The van der Waals surface area contributed by atoms with Crippen LogP contribution in [-0.4, -0.2) is 11.1 Å². The van der Waals surface area contributed by atoms with Gasteiger partial charge in [-0.1, -0.05) is 168 Å². The van der Waals surface area contributed by atoms with Crippen LogP contribution in [0.3, 0.4) is 0 Å².